The molecule has 0 radical (unpaired) electrons. The van der Waals surface area contributed by atoms with Crippen LogP contribution >= 0.6 is 0 Å². The Morgan fingerprint density at radius 2 is 1.76 bits per heavy atom. The van der Waals surface area contributed by atoms with E-state index in [0.717, 1.165) is 11.1 Å². The van der Waals surface area contributed by atoms with Crippen LogP contribution in [0.5, 0.6) is 11.5 Å². The average molecular weight is 339 g/mol. The van der Waals surface area contributed by atoms with Crippen molar-refractivity contribution in [2.75, 3.05) is 14.2 Å². The predicted octanol–water partition coefficient (Wildman–Crippen LogP) is 4.21. The molecule has 0 heterocycles. The minimum atomic E-state index is -0.136. The van der Waals surface area contributed by atoms with Gasteiger partial charge in [-0.3, -0.25) is 4.79 Å². The fourth-order valence-corrected chi connectivity index (χ4v) is 2.69. The van der Waals surface area contributed by atoms with E-state index in [1.165, 1.54) is 17.2 Å². The van der Waals surface area contributed by atoms with Gasteiger partial charge in [0, 0.05) is 6.08 Å². The second kappa shape index (κ2) is 8.38. The van der Waals surface area contributed by atoms with Gasteiger partial charge in [0.1, 0.15) is 0 Å². The zero-order valence-electron chi connectivity index (χ0n) is 15.4. The molecule has 1 amide bonds. The molecule has 0 aliphatic rings. The monoisotopic (exact) mass is 339 g/mol. The lowest BCUT2D eigenvalue weighted by Gasteiger charge is -2.16. The number of ether oxygens (including phenoxy) is 2. The summed E-state index contributed by atoms with van der Waals surface area (Å²) >= 11 is 0. The number of aryl methyl sites for hydroxylation is 2. The quantitative estimate of drug-likeness (QED) is 0.802. The molecule has 0 saturated carbocycles. The van der Waals surface area contributed by atoms with Gasteiger partial charge in [0.2, 0.25) is 5.91 Å². The van der Waals surface area contributed by atoms with E-state index in [1.807, 2.05) is 25.1 Å². The number of amides is 1. The fraction of sp³-hybridized carbons (Fsp3) is 0.286. The van der Waals surface area contributed by atoms with E-state index >= 15 is 0 Å². The minimum absolute atomic E-state index is 0.0533. The van der Waals surface area contributed by atoms with E-state index in [9.17, 15) is 4.79 Å². The Hall–Kier alpha value is -2.75. The van der Waals surface area contributed by atoms with E-state index in [4.69, 9.17) is 9.47 Å². The molecule has 0 aliphatic heterocycles. The zero-order chi connectivity index (χ0) is 18.4. The Bertz CT molecular complexity index is 781. The molecule has 2 rings (SSSR count). The molecule has 2 aromatic carbocycles. The third kappa shape index (κ3) is 4.86. The molecule has 132 valence electrons. The molecule has 0 spiro atoms. The summed E-state index contributed by atoms with van der Waals surface area (Å²) in [6.07, 6.45) is 3.29. The van der Waals surface area contributed by atoms with Crippen molar-refractivity contribution in [3.05, 3.63) is 64.7 Å². The molecule has 0 aliphatic carbocycles. The Kier molecular flexibility index (Phi) is 6.23. The normalized spacial score (nSPS) is 12.0. The van der Waals surface area contributed by atoms with Crippen molar-refractivity contribution >= 4 is 12.0 Å². The summed E-state index contributed by atoms with van der Waals surface area (Å²) in [6.45, 7) is 6.09. The predicted molar refractivity (Wildman–Crippen MR) is 101 cm³/mol. The van der Waals surface area contributed by atoms with Crippen molar-refractivity contribution in [3.63, 3.8) is 0 Å². The lowest BCUT2D eigenvalue weighted by Crippen LogP contribution is -2.25. The Morgan fingerprint density at radius 3 is 2.44 bits per heavy atom. The second-order valence-corrected chi connectivity index (χ2v) is 6.04. The van der Waals surface area contributed by atoms with Gasteiger partial charge in [-0.1, -0.05) is 29.8 Å². The van der Waals surface area contributed by atoms with Gasteiger partial charge in [0.15, 0.2) is 11.5 Å². The summed E-state index contributed by atoms with van der Waals surface area (Å²) in [5, 5.41) is 3.00. The lowest BCUT2D eigenvalue weighted by molar-refractivity contribution is -0.117. The highest BCUT2D eigenvalue weighted by molar-refractivity contribution is 5.92. The number of carbonyl (C=O) groups excluding carboxylic acids is 1. The van der Waals surface area contributed by atoms with E-state index in [0.29, 0.717) is 11.5 Å². The highest BCUT2D eigenvalue weighted by Gasteiger charge is 2.10. The largest absolute Gasteiger partial charge is 0.493 e. The first-order chi connectivity index (χ1) is 11.9. The third-order valence-electron chi connectivity index (χ3n) is 4.09. The topological polar surface area (TPSA) is 47.6 Å². The Balaban J connectivity index is 2.06. The van der Waals surface area contributed by atoms with Crippen molar-refractivity contribution < 1.29 is 14.3 Å². The van der Waals surface area contributed by atoms with Gasteiger partial charge >= 0.3 is 0 Å². The van der Waals surface area contributed by atoms with Crippen LogP contribution in [0.2, 0.25) is 0 Å². The maximum absolute atomic E-state index is 12.2. The van der Waals surface area contributed by atoms with Crippen LogP contribution in [0, 0.1) is 13.8 Å². The molecule has 4 nitrogen and oxygen atoms in total. The van der Waals surface area contributed by atoms with Crippen molar-refractivity contribution in [2.24, 2.45) is 0 Å². The van der Waals surface area contributed by atoms with E-state index in [1.54, 1.807) is 20.3 Å². The summed E-state index contributed by atoms with van der Waals surface area (Å²) in [5.74, 6) is 1.16. The first-order valence-corrected chi connectivity index (χ1v) is 8.22. The molecule has 2 aromatic rings. The Labute approximate surface area is 149 Å². The summed E-state index contributed by atoms with van der Waals surface area (Å²) in [5.41, 5.74) is 4.35. The molecule has 0 aromatic heterocycles. The van der Waals surface area contributed by atoms with E-state index < -0.39 is 0 Å². The van der Waals surface area contributed by atoms with Crippen LogP contribution in [0.4, 0.5) is 0 Å². The molecule has 1 atom stereocenters. The number of hydrogen-bond acceptors (Lipinski definition) is 3. The van der Waals surface area contributed by atoms with Gasteiger partial charge < -0.3 is 14.8 Å². The summed E-state index contributed by atoms with van der Waals surface area (Å²) in [6, 6.07) is 11.7. The smallest absolute Gasteiger partial charge is 0.244 e. The van der Waals surface area contributed by atoms with Crippen LogP contribution in [0.15, 0.2) is 42.5 Å². The summed E-state index contributed by atoms with van der Waals surface area (Å²) in [4.78, 5) is 12.2. The Morgan fingerprint density at radius 1 is 1.04 bits per heavy atom. The lowest BCUT2D eigenvalue weighted by atomic mass is 10.00. The van der Waals surface area contributed by atoms with Crippen LogP contribution in [0.25, 0.3) is 6.08 Å². The number of hydrogen-bond donors (Lipinski definition) is 1. The van der Waals surface area contributed by atoms with Crippen molar-refractivity contribution in [2.45, 2.75) is 26.8 Å². The highest BCUT2D eigenvalue weighted by atomic mass is 16.5. The highest BCUT2D eigenvalue weighted by Crippen LogP contribution is 2.28. The number of benzene rings is 2. The molecule has 0 bridgehead atoms. The molecule has 25 heavy (non-hydrogen) atoms. The van der Waals surface area contributed by atoms with Crippen molar-refractivity contribution in [1.82, 2.24) is 5.32 Å². The molecule has 0 saturated heterocycles. The molecule has 1 unspecified atom stereocenters. The van der Waals surface area contributed by atoms with Crippen LogP contribution in [-0.4, -0.2) is 20.1 Å². The van der Waals surface area contributed by atoms with Gasteiger partial charge in [-0.05, 0) is 55.7 Å². The van der Waals surface area contributed by atoms with Gasteiger partial charge in [0.25, 0.3) is 0 Å². The SMILES string of the molecule is COc1ccc(/C=C/C(=O)NC(C)c2cc(C)ccc2C)cc1OC. The molecule has 1 N–H and O–H groups in total. The number of rotatable bonds is 6. The molecule has 0 fully saturated rings. The number of methoxy groups -OCH3 is 2. The van der Waals surface area contributed by atoms with Crippen molar-refractivity contribution in [1.29, 1.82) is 0 Å². The zero-order valence-corrected chi connectivity index (χ0v) is 15.4. The average Bonchev–Trinajstić information content (AvgIpc) is 2.61. The summed E-state index contributed by atoms with van der Waals surface area (Å²) in [7, 11) is 3.18. The van der Waals surface area contributed by atoms with Crippen LogP contribution < -0.4 is 14.8 Å². The molecular formula is C21H25NO3. The van der Waals surface area contributed by atoms with Crippen LogP contribution in [0.3, 0.4) is 0 Å². The summed E-state index contributed by atoms with van der Waals surface area (Å²) < 4.78 is 10.5. The maximum Gasteiger partial charge on any atom is 0.244 e. The fourth-order valence-electron chi connectivity index (χ4n) is 2.69. The van der Waals surface area contributed by atoms with Crippen molar-refractivity contribution in [3.8, 4) is 11.5 Å². The van der Waals surface area contributed by atoms with Gasteiger partial charge in [-0.25, -0.2) is 0 Å². The third-order valence-corrected chi connectivity index (χ3v) is 4.09. The van der Waals surface area contributed by atoms with E-state index in [2.05, 4.69) is 37.4 Å². The number of carbonyl (C=O) groups is 1. The number of nitrogens with one attached hydrogen (secondary N) is 1. The standard InChI is InChI=1S/C21H25NO3/c1-14-6-7-15(2)18(12-14)16(3)22-21(23)11-9-17-8-10-19(24-4)20(13-17)25-5/h6-13,16H,1-5H3,(H,22,23)/b11-9+. The van der Waals surface area contributed by atoms with Gasteiger partial charge in [-0.2, -0.15) is 0 Å². The van der Waals surface area contributed by atoms with Crippen LogP contribution in [-0.2, 0) is 4.79 Å². The van der Waals surface area contributed by atoms with Gasteiger partial charge in [0.05, 0.1) is 20.3 Å². The first-order valence-electron chi connectivity index (χ1n) is 8.22. The van der Waals surface area contributed by atoms with Gasteiger partial charge in [-0.15, -0.1) is 0 Å². The minimum Gasteiger partial charge on any atom is -0.493 e. The molecular weight excluding hydrogens is 314 g/mol. The maximum atomic E-state index is 12.2. The second-order valence-electron chi connectivity index (χ2n) is 6.04. The van der Waals surface area contributed by atoms with E-state index in [-0.39, 0.29) is 11.9 Å². The van der Waals surface area contributed by atoms with Crippen LogP contribution in [0.1, 0.15) is 35.2 Å². The molecule has 4 heteroatoms. The first kappa shape index (κ1) is 18.6.